The minimum Gasteiger partial charge on any atom is -0.369 e. The number of carbonyl (C=O) groups is 2. The number of nitrogens with two attached hydrogens (primary N) is 1. The molecule has 4 unspecified atom stereocenters. The van der Waals surface area contributed by atoms with E-state index in [-0.39, 0.29) is 5.92 Å². The Balaban J connectivity index is 2.34. The minimum absolute atomic E-state index is 0.309. The molecular weight excluding hydrogens is 368 g/mol. The van der Waals surface area contributed by atoms with Gasteiger partial charge in [0.2, 0.25) is 5.91 Å². The summed E-state index contributed by atoms with van der Waals surface area (Å²) in [6, 6.07) is 0. The molecule has 3 N–H and O–H groups in total. The summed E-state index contributed by atoms with van der Waals surface area (Å²) < 4.78 is 53.9. The molecule has 2 aliphatic rings. The summed E-state index contributed by atoms with van der Waals surface area (Å²) in [6.45, 7) is 0. The number of rotatable bonds is 7. The lowest BCUT2D eigenvalue weighted by Crippen LogP contribution is -2.61. The standard InChI is InChI=1S/C11H18N2O9S2/c1-23(16,17)20-11(10(15)13-21-22-24(2,18)19)7-4-3-6(5-7)8(11)9(12)14/h6-8H,3-5H2,1-2H3,(H2,12,14)(H,13,15). The molecule has 0 saturated heterocycles. The van der Waals surface area contributed by atoms with E-state index in [2.05, 4.69) is 9.32 Å². The molecule has 0 aromatic rings. The highest BCUT2D eigenvalue weighted by atomic mass is 32.2. The Morgan fingerprint density at radius 3 is 2.25 bits per heavy atom. The van der Waals surface area contributed by atoms with Crippen molar-refractivity contribution in [2.75, 3.05) is 12.5 Å². The SMILES string of the molecule is CS(=O)(=O)OONC(=O)C1(OS(C)(=O)=O)C2CCC(C2)C1C(N)=O. The van der Waals surface area contributed by atoms with Crippen molar-refractivity contribution in [3.63, 3.8) is 0 Å². The van der Waals surface area contributed by atoms with Gasteiger partial charge in [-0.05, 0) is 31.1 Å². The van der Waals surface area contributed by atoms with Crippen molar-refractivity contribution >= 4 is 32.1 Å². The van der Waals surface area contributed by atoms with Gasteiger partial charge in [0.15, 0.2) is 5.60 Å². The summed E-state index contributed by atoms with van der Waals surface area (Å²) in [6.07, 6.45) is 2.83. The van der Waals surface area contributed by atoms with Crippen molar-refractivity contribution in [2.45, 2.75) is 24.9 Å². The number of nitrogens with one attached hydrogen (secondary N) is 1. The summed E-state index contributed by atoms with van der Waals surface area (Å²) in [5, 5.41) is 0. The van der Waals surface area contributed by atoms with Crippen LogP contribution in [0.3, 0.4) is 0 Å². The lowest BCUT2D eigenvalue weighted by Gasteiger charge is -2.38. The fraction of sp³-hybridized carbons (Fsp3) is 0.818. The van der Waals surface area contributed by atoms with Gasteiger partial charge in [0.1, 0.15) is 0 Å². The highest BCUT2D eigenvalue weighted by Crippen LogP contribution is 2.56. The molecule has 24 heavy (non-hydrogen) atoms. The first-order valence-corrected chi connectivity index (χ1v) is 10.6. The summed E-state index contributed by atoms with van der Waals surface area (Å²) in [5.74, 6) is -4.11. The van der Waals surface area contributed by atoms with E-state index in [4.69, 9.17) is 9.92 Å². The van der Waals surface area contributed by atoms with Crippen LogP contribution in [0.2, 0.25) is 0 Å². The molecule has 2 fully saturated rings. The predicted molar refractivity (Wildman–Crippen MR) is 77.3 cm³/mol. The minimum atomic E-state index is -4.14. The van der Waals surface area contributed by atoms with Crippen LogP contribution in [0.1, 0.15) is 19.3 Å². The van der Waals surface area contributed by atoms with Crippen molar-refractivity contribution < 1.29 is 39.9 Å². The molecule has 2 aliphatic carbocycles. The van der Waals surface area contributed by atoms with Gasteiger partial charge in [-0.3, -0.25) is 13.8 Å². The van der Waals surface area contributed by atoms with E-state index in [0.717, 1.165) is 6.26 Å². The van der Waals surface area contributed by atoms with Crippen molar-refractivity contribution in [3.8, 4) is 0 Å². The maximum atomic E-state index is 12.5. The van der Waals surface area contributed by atoms with Gasteiger partial charge in [0.05, 0.1) is 18.4 Å². The van der Waals surface area contributed by atoms with E-state index in [0.29, 0.717) is 25.5 Å². The Bertz CT molecular complexity index is 747. The highest BCUT2D eigenvalue weighted by molar-refractivity contribution is 7.86. The molecule has 0 radical (unpaired) electrons. The Morgan fingerprint density at radius 1 is 1.12 bits per heavy atom. The molecule has 2 bridgehead atoms. The van der Waals surface area contributed by atoms with Crippen LogP contribution in [0.15, 0.2) is 0 Å². The topological polar surface area (TPSA) is 168 Å². The van der Waals surface area contributed by atoms with Gasteiger partial charge in [-0.2, -0.15) is 22.3 Å². The molecule has 2 amide bonds. The smallest absolute Gasteiger partial charge is 0.292 e. The number of hydrogen-bond donors (Lipinski definition) is 2. The fourth-order valence-electron chi connectivity index (χ4n) is 3.69. The molecule has 11 nitrogen and oxygen atoms in total. The number of amides is 2. The summed E-state index contributed by atoms with van der Waals surface area (Å²) in [5.41, 5.74) is 4.94. The molecule has 138 valence electrons. The molecular formula is C11H18N2O9S2. The van der Waals surface area contributed by atoms with E-state index in [1.165, 1.54) is 0 Å². The largest absolute Gasteiger partial charge is 0.369 e. The van der Waals surface area contributed by atoms with E-state index >= 15 is 0 Å². The number of carbonyl (C=O) groups excluding carboxylic acids is 2. The Kier molecular flexibility index (Phi) is 4.94. The van der Waals surface area contributed by atoms with Gasteiger partial charge in [-0.15, -0.1) is 0 Å². The third-order valence-electron chi connectivity index (χ3n) is 4.26. The van der Waals surface area contributed by atoms with Gasteiger partial charge in [0.25, 0.3) is 26.1 Å². The normalized spacial score (nSPS) is 32.7. The second-order valence-corrected chi connectivity index (χ2v) is 9.14. The van der Waals surface area contributed by atoms with Crippen molar-refractivity contribution in [2.24, 2.45) is 23.5 Å². The molecule has 0 aliphatic heterocycles. The zero-order valence-electron chi connectivity index (χ0n) is 12.9. The third kappa shape index (κ3) is 3.69. The molecule has 2 saturated carbocycles. The van der Waals surface area contributed by atoms with Gasteiger partial charge >= 0.3 is 0 Å². The molecule has 13 heteroatoms. The average molecular weight is 386 g/mol. The van der Waals surface area contributed by atoms with Gasteiger partial charge in [-0.1, -0.05) is 9.32 Å². The van der Waals surface area contributed by atoms with Crippen LogP contribution < -0.4 is 11.2 Å². The highest BCUT2D eigenvalue weighted by Gasteiger charge is 2.67. The number of hydrogen-bond acceptors (Lipinski definition) is 9. The first-order chi connectivity index (χ1) is 10.9. The maximum absolute atomic E-state index is 12.5. The van der Waals surface area contributed by atoms with E-state index in [1.807, 2.05) is 0 Å². The summed E-state index contributed by atoms with van der Waals surface area (Å²) >= 11 is 0. The molecule has 4 atom stereocenters. The van der Waals surface area contributed by atoms with Crippen molar-refractivity contribution in [3.05, 3.63) is 0 Å². The molecule has 2 rings (SSSR count). The van der Waals surface area contributed by atoms with E-state index in [1.54, 1.807) is 5.48 Å². The Hall–Kier alpha value is -1.28. The summed E-state index contributed by atoms with van der Waals surface area (Å²) in [7, 11) is -8.16. The summed E-state index contributed by atoms with van der Waals surface area (Å²) in [4.78, 5) is 28.5. The zero-order valence-corrected chi connectivity index (χ0v) is 14.6. The second kappa shape index (κ2) is 6.22. The molecule has 0 heterocycles. The van der Waals surface area contributed by atoms with Crippen LogP contribution in [0.4, 0.5) is 0 Å². The predicted octanol–water partition coefficient (Wildman–Crippen LogP) is -1.83. The Labute approximate surface area is 138 Å². The molecule has 0 aromatic carbocycles. The van der Waals surface area contributed by atoms with Gasteiger partial charge in [0, 0.05) is 0 Å². The van der Waals surface area contributed by atoms with Gasteiger partial charge in [-0.25, -0.2) is 0 Å². The Morgan fingerprint density at radius 2 is 1.75 bits per heavy atom. The number of primary amides is 1. The fourth-order valence-corrected chi connectivity index (χ4v) is 4.66. The first kappa shape index (κ1) is 19.1. The lowest BCUT2D eigenvalue weighted by molar-refractivity contribution is -0.256. The van der Waals surface area contributed by atoms with Crippen LogP contribution in [-0.2, 0) is 43.3 Å². The molecule has 0 spiro atoms. The van der Waals surface area contributed by atoms with E-state index < -0.39 is 49.5 Å². The van der Waals surface area contributed by atoms with E-state index in [9.17, 15) is 26.4 Å². The number of fused-ring (bicyclic) bond motifs is 2. The quantitative estimate of drug-likeness (QED) is 0.290. The van der Waals surface area contributed by atoms with Gasteiger partial charge < -0.3 is 5.73 Å². The van der Waals surface area contributed by atoms with Crippen LogP contribution in [0.5, 0.6) is 0 Å². The maximum Gasteiger partial charge on any atom is 0.292 e. The van der Waals surface area contributed by atoms with Crippen LogP contribution in [0.25, 0.3) is 0 Å². The van der Waals surface area contributed by atoms with Crippen molar-refractivity contribution in [1.82, 2.24) is 5.48 Å². The monoisotopic (exact) mass is 386 g/mol. The first-order valence-electron chi connectivity index (χ1n) is 6.92. The van der Waals surface area contributed by atoms with Crippen LogP contribution >= 0.6 is 0 Å². The average Bonchev–Trinajstić information content (AvgIpc) is 2.94. The van der Waals surface area contributed by atoms with Crippen LogP contribution in [0, 0.1) is 17.8 Å². The van der Waals surface area contributed by atoms with Crippen molar-refractivity contribution in [1.29, 1.82) is 0 Å². The molecule has 0 aromatic heterocycles. The van der Waals surface area contributed by atoms with Crippen LogP contribution in [-0.4, -0.2) is 46.8 Å². The number of hydroxylamine groups is 1. The second-order valence-electron chi connectivity index (χ2n) is 6.02. The third-order valence-corrected chi connectivity index (χ3v) is 5.15. The lowest BCUT2D eigenvalue weighted by atomic mass is 9.74. The zero-order chi connectivity index (χ0) is 18.3.